The van der Waals surface area contributed by atoms with Gasteiger partial charge in [-0.1, -0.05) is 47.1 Å². The Hall–Kier alpha value is -1.85. The van der Waals surface area contributed by atoms with E-state index in [9.17, 15) is 9.90 Å². The number of carbonyl (C=O) groups is 1. The van der Waals surface area contributed by atoms with E-state index in [0.717, 1.165) is 5.56 Å². The Kier molecular flexibility index (Phi) is 5.15. The van der Waals surface area contributed by atoms with E-state index in [1.54, 1.807) is 6.07 Å². The van der Waals surface area contributed by atoms with Gasteiger partial charge in [-0.25, -0.2) is 0 Å². The zero-order chi connectivity index (χ0) is 14.4. The molecule has 20 heavy (non-hydrogen) atoms. The Morgan fingerprint density at radius 2 is 2.15 bits per heavy atom. The van der Waals surface area contributed by atoms with Crippen molar-refractivity contribution in [1.82, 2.24) is 10.5 Å². The van der Waals surface area contributed by atoms with Crippen molar-refractivity contribution in [3.63, 3.8) is 0 Å². The van der Waals surface area contributed by atoms with Gasteiger partial charge in [-0.3, -0.25) is 4.79 Å². The van der Waals surface area contributed by atoms with E-state index in [2.05, 4.69) is 10.5 Å². The van der Waals surface area contributed by atoms with Gasteiger partial charge in [-0.05, 0) is 5.56 Å². The third-order valence-electron chi connectivity index (χ3n) is 2.85. The van der Waals surface area contributed by atoms with Crippen LogP contribution in [0.15, 0.2) is 40.9 Å². The highest BCUT2D eigenvalue weighted by Gasteiger charge is 2.14. The monoisotopic (exact) mass is 294 g/mol. The zero-order valence-electron chi connectivity index (χ0n) is 10.8. The van der Waals surface area contributed by atoms with E-state index in [1.807, 2.05) is 30.3 Å². The first-order valence-electron chi connectivity index (χ1n) is 6.25. The number of aryl methyl sites for hydroxylation is 1. The normalized spacial score (nSPS) is 12.1. The number of rotatable bonds is 6. The number of nitrogens with zero attached hydrogens (tertiary/aromatic N) is 1. The average Bonchev–Trinajstić information content (AvgIpc) is 2.89. The van der Waals surface area contributed by atoms with Crippen LogP contribution in [0.25, 0.3) is 0 Å². The number of aromatic nitrogens is 1. The van der Waals surface area contributed by atoms with E-state index in [-0.39, 0.29) is 24.1 Å². The second-order valence-corrected chi connectivity index (χ2v) is 4.72. The van der Waals surface area contributed by atoms with Crippen LogP contribution in [0.1, 0.15) is 23.8 Å². The average molecular weight is 295 g/mol. The van der Waals surface area contributed by atoms with Gasteiger partial charge in [-0.15, -0.1) is 0 Å². The molecule has 2 rings (SSSR count). The highest BCUT2D eigenvalue weighted by atomic mass is 35.5. The molecule has 0 aliphatic heterocycles. The molecule has 6 heteroatoms. The first kappa shape index (κ1) is 14.6. The van der Waals surface area contributed by atoms with Gasteiger partial charge in [0.25, 0.3) is 0 Å². The van der Waals surface area contributed by atoms with Crippen molar-refractivity contribution in [2.75, 3.05) is 6.61 Å². The molecule has 1 unspecified atom stereocenters. The number of nitrogens with one attached hydrogen (secondary N) is 1. The van der Waals surface area contributed by atoms with Gasteiger partial charge in [0.15, 0.2) is 5.15 Å². The molecule has 5 nitrogen and oxygen atoms in total. The lowest BCUT2D eigenvalue weighted by Crippen LogP contribution is -2.30. The van der Waals surface area contributed by atoms with Crippen molar-refractivity contribution in [3.8, 4) is 0 Å². The van der Waals surface area contributed by atoms with Crippen molar-refractivity contribution in [2.24, 2.45) is 0 Å². The Morgan fingerprint density at radius 1 is 1.40 bits per heavy atom. The molecule has 2 N–H and O–H groups in total. The number of halogens is 1. The molecule has 0 radical (unpaired) electrons. The van der Waals surface area contributed by atoms with Crippen LogP contribution >= 0.6 is 11.6 Å². The fraction of sp³-hybridized carbons (Fsp3) is 0.286. The lowest BCUT2D eigenvalue weighted by molar-refractivity contribution is -0.122. The van der Waals surface area contributed by atoms with Gasteiger partial charge in [0.2, 0.25) is 5.91 Å². The quantitative estimate of drug-likeness (QED) is 0.855. The molecule has 1 aromatic carbocycles. The van der Waals surface area contributed by atoms with Gasteiger partial charge in [0.05, 0.1) is 12.6 Å². The summed E-state index contributed by atoms with van der Waals surface area (Å²) in [4.78, 5) is 11.8. The van der Waals surface area contributed by atoms with E-state index in [4.69, 9.17) is 16.1 Å². The lowest BCUT2D eigenvalue weighted by Gasteiger charge is -2.16. The number of amides is 1. The van der Waals surface area contributed by atoms with Gasteiger partial charge in [-0.2, -0.15) is 0 Å². The largest absolute Gasteiger partial charge is 0.394 e. The minimum atomic E-state index is -0.401. The zero-order valence-corrected chi connectivity index (χ0v) is 11.5. The van der Waals surface area contributed by atoms with Crippen molar-refractivity contribution in [1.29, 1.82) is 0 Å². The van der Waals surface area contributed by atoms with Crippen molar-refractivity contribution in [2.45, 2.75) is 18.9 Å². The summed E-state index contributed by atoms with van der Waals surface area (Å²) in [5, 5.41) is 15.9. The Labute approximate surface area is 121 Å². The summed E-state index contributed by atoms with van der Waals surface area (Å²) in [5.74, 6) is 0.394. The molecule has 0 aliphatic carbocycles. The summed E-state index contributed by atoms with van der Waals surface area (Å²) in [6, 6.07) is 10.5. The standard InChI is InChI=1S/C14H15ClN2O3/c15-13-8-11(20-17-13)6-7-14(19)16-12(9-18)10-4-2-1-3-5-10/h1-5,8,12,18H,6-7,9H2,(H,16,19). The van der Waals surface area contributed by atoms with Crippen molar-refractivity contribution in [3.05, 3.63) is 52.9 Å². The van der Waals surface area contributed by atoms with Crippen LogP contribution in [-0.4, -0.2) is 22.8 Å². The molecule has 0 aliphatic rings. The summed E-state index contributed by atoms with van der Waals surface area (Å²) >= 11 is 5.62. The van der Waals surface area contributed by atoms with Gasteiger partial charge in [0, 0.05) is 18.9 Å². The third-order valence-corrected chi connectivity index (χ3v) is 3.03. The molecule has 1 atom stereocenters. The summed E-state index contributed by atoms with van der Waals surface area (Å²) in [6.07, 6.45) is 0.660. The minimum Gasteiger partial charge on any atom is -0.394 e. The van der Waals surface area contributed by atoms with Crippen LogP contribution in [0.3, 0.4) is 0 Å². The molecular formula is C14H15ClN2O3. The number of aliphatic hydroxyl groups excluding tert-OH is 1. The fourth-order valence-electron chi connectivity index (χ4n) is 1.83. The maximum atomic E-state index is 11.8. The fourth-order valence-corrected chi connectivity index (χ4v) is 1.98. The predicted octanol–water partition coefficient (Wildman–Crippen LogP) is 2.11. The lowest BCUT2D eigenvalue weighted by atomic mass is 10.1. The molecule has 2 aromatic rings. The molecule has 1 heterocycles. The van der Waals surface area contributed by atoms with Gasteiger partial charge in [0.1, 0.15) is 5.76 Å². The van der Waals surface area contributed by atoms with E-state index in [0.29, 0.717) is 12.2 Å². The van der Waals surface area contributed by atoms with Crippen LogP contribution < -0.4 is 5.32 Å². The van der Waals surface area contributed by atoms with Crippen LogP contribution in [0.2, 0.25) is 5.15 Å². The molecule has 106 valence electrons. The number of carbonyl (C=O) groups excluding carboxylic acids is 1. The maximum Gasteiger partial charge on any atom is 0.221 e. The van der Waals surface area contributed by atoms with Gasteiger partial charge >= 0.3 is 0 Å². The highest BCUT2D eigenvalue weighted by Crippen LogP contribution is 2.13. The molecule has 1 amide bonds. The van der Waals surface area contributed by atoms with Crippen molar-refractivity contribution < 1.29 is 14.4 Å². The number of aliphatic hydroxyl groups is 1. The molecule has 0 saturated heterocycles. The van der Waals surface area contributed by atoms with E-state index in [1.165, 1.54) is 0 Å². The molecule has 0 saturated carbocycles. The summed E-state index contributed by atoms with van der Waals surface area (Å²) in [7, 11) is 0. The smallest absolute Gasteiger partial charge is 0.221 e. The van der Waals surface area contributed by atoms with Crippen molar-refractivity contribution >= 4 is 17.5 Å². The Balaban J connectivity index is 1.86. The second kappa shape index (κ2) is 7.07. The highest BCUT2D eigenvalue weighted by molar-refractivity contribution is 6.29. The maximum absolute atomic E-state index is 11.8. The molecule has 0 bridgehead atoms. The second-order valence-electron chi connectivity index (χ2n) is 4.33. The first-order valence-corrected chi connectivity index (χ1v) is 6.63. The van der Waals surface area contributed by atoms with Crippen LogP contribution in [0.4, 0.5) is 0 Å². The van der Waals surface area contributed by atoms with Crippen LogP contribution in [0.5, 0.6) is 0 Å². The summed E-state index contributed by atoms with van der Waals surface area (Å²) < 4.78 is 4.92. The SMILES string of the molecule is O=C(CCc1cc(Cl)no1)NC(CO)c1ccccc1. The number of benzene rings is 1. The first-order chi connectivity index (χ1) is 9.69. The number of hydrogen-bond acceptors (Lipinski definition) is 4. The van der Waals surface area contributed by atoms with Gasteiger partial charge < -0.3 is 14.9 Å². The van der Waals surface area contributed by atoms with E-state index >= 15 is 0 Å². The number of hydrogen-bond donors (Lipinski definition) is 2. The molecular weight excluding hydrogens is 280 g/mol. The van der Waals surface area contributed by atoms with Crippen LogP contribution in [-0.2, 0) is 11.2 Å². The Morgan fingerprint density at radius 3 is 2.75 bits per heavy atom. The molecule has 1 aromatic heterocycles. The molecule has 0 fully saturated rings. The molecule has 0 spiro atoms. The summed E-state index contributed by atoms with van der Waals surface area (Å²) in [5.41, 5.74) is 0.867. The minimum absolute atomic E-state index is 0.149. The summed E-state index contributed by atoms with van der Waals surface area (Å²) in [6.45, 7) is -0.149. The Bertz CT molecular complexity index is 557. The third kappa shape index (κ3) is 4.08. The van der Waals surface area contributed by atoms with E-state index < -0.39 is 6.04 Å². The topological polar surface area (TPSA) is 75.4 Å². The van der Waals surface area contributed by atoms with Crippen LogP contribution in [0, 0.1) is 0 Å². The predicted molar refractivity (Wildman–Crippen MR) is 74.2 cm³/mol.